The number of ether oxygens (including phenoxy) is 1. The Morgan fingerprint density at radius 3 is 2.45 bits per heavy atom. The molecule has 0 fully saturated rings. The zero-order valence-electron chi connectivity index (χ0n) is 23.1. The summed E-state index contributed by atoms with van der Waals surface area (Å²) in [5.74, 6) is 0.304. The van der Waals surface area contributed by atoms with Crippen LogP contribution in [0.3, 0.4) is 0 Å². The highest BCUT2D eigenvalue weighted by atomic mass is 19.4. The van der Waals surface area contributed by atoms with Crippen LogP contribution in [0.2, 0.25) is 0 Å². The Kier molecular flexibility index (Phi) is 10.8. The lowest BCUT2D eigenvalue weighted by Gasteiger charge is -2.18. The summed E-state index contributed by atoms with van der Waals surface area (Å²) in [7, 11) is 0. The summed E-state index contributed by atoms with van der Waals surface area (Å²) in [6, 6.07) is 5.65. The molecule has 2 unspecified atom stereocenters. The Morgan fingerprint density at radius 2 is 1.77 bits per heavy atom. The molecule has 0 N–H and O–H groups in total. The number of hydrogen-bond acceptors (Lipinski definition) is 3. The van der Waals surface area contributed by atoms with Crippen LogP contribution in [0.4, 0.5) is 22.0 Å². The molecule has 2 heterocycles. The molecule has 1 aromatic carbocycles. The molecule has 0 saturated heterocycles. The first-order chi connectivity index (χ1) is 19.0. The number of halogens is 5. The van der Waals surface area contributed by atoms with Crippen molar-refractivity contribution in [2.75, 3.05) is 6.61 Å². The highest BCUT2D eigenvalue weighted by Crippen LogP contribution is 2.38. The Hall–Kier alpha value is -3.75. The molecule has 214 valence electrons. The van der Waals surface area contributed by atoms with Crippen LogP contribution >= 0.6 is 0 Å². The molecular weight excluding hydrogens is 525 g/mol. The fraction of sp³-hybridized carbons (Fsp3) is 0.355. The van der Waals surface area contributed by atoms with Gasteiger partial charge in [0.25, 0.3) is 6.08 Å². The van der Waals surface area contributed by atoms with E-state index in [2.05, 4.69) is 9.97 Å². The maximum atomic E-state index is 13.9. The Labute approximate surface area is 231 Å². The van der Waals surface area contributed by atoms with Crippen LogP contribution in [0, 0.1) is 0 Å². The molecule has 9 heteroatoms. The number of fused-ring (bicyclic) bond motifs is 1. The lowest BCUT2D eigenvalue weighted by atomic mass is 9.94. The van der Waals surface area contributed by atoms with E-state index in [1.165, 1.54) is 12.1 Å². The Balaban J connectivity index is 1.78. The maximum Gasteiger partial charge on any atom is 0.416 e. The summed E-state index contributed by atoms with van der Waals surface area (Å²) < 4.78 is 73.3. The predicted octanol–water partition coefficient (Wildman–Crippen LogP) is 9.33. The SMILES string of the molecule is C/C=C\C(C)c1nc2ccn(CC(/C=C\C(C)c3ccc(OCCC=C(F)F)cc3C(F)(F)F)=C/CC)cc-2n1. The molecule has 2 aliphatic heterocycles. The molecule has 0 spiro atoms. The summed E-state index contributed by atoms with van der Waals surface area (Å²) in [5, 5.41) is 0. The molecule has 2 atom stereocenters. The van der Waals surface area contributed by atoms with Crippen molar-refractivity contribution in [2.45, 2.75) is 65.1 Å². The summed E-state index contributed by atoms with van der Waals surface area (Å²) in [4.78, 5) is 9.26. The Morgan fingerprint density at radius 1 is 1.02 bits per heavy atom. The second-order valence-electron chi connectivity index (χ2n) is 9.50. The minimum atomic E-state index is -4.60. The summed E-state index contributed by atoms with van der Waals surface area (Å²) in [5.41, 5.74) is 1.83. The van der Waals surface area contributed by atoms with Crippen LogP contribution in [-0.2, 0) is 12.7 Å². The fourth-order valence-electron chi connectivity index (χ4n) is 4.29. The summed E-state index contributed by atoms with van der Waals surface area (Å²) in [6.07, 6.45) is 8.36. The molecule has 4 nitrogen and oxygen atoms in total. The van der Waals surface area contributed by atoms with Gasteiger partial charge in [0.1, 0.15) is 17.3 Å². The predicted molar refractivity (Wildman–Crippen MR) is 148 cm³/mol. The first-order valence-electron chi connectivity index (χ1n) is 13.2. The zero-order chi connectivity index (χ0) is 29.3. The smallest absolute Gasteiger partial charge is 0.416 e. The number of aromatic nitrogens is 3. The van der Waals surface area contributed by atoms with Crippen molar-refractivity contribution in [3.63, 3.8) is 0 Å². The van der Waals surface area contributed by atoms with Crippen LogP contribution in [0.5, 0.6) is 5.75 Å². The molecular formula is C31H34F5N3O. The molecule has 40 heavy (non-hydrogen) atoms. The third-order valence-electron chi connectivity index (χ3n) is 6.27. The number of imidazole rings is 1. The largest absolute Gasteiger partial charge is 0.493 e. The standard InChI is InChI=1S/C31H34F5N3O/c1-5-8-22(4)30-37-27-15-16-39(20-28(27)38-30)19-23(9-6-2)12-11-21(3)25-14-13-24(18-26(25)31(34,35)36)40-17-7-10-29(32)33/h5,8-16,18,20-22H,6-7,17,19H2,1-4H3/b8-5-,12-11-,23-9+. The molecule has 3 rings (SSSR count). The molecule has 0 radical (unpaired) electrons. The van der Waals surface area contributed by atoms with Gasteiger partial charge in [0.05, 0.1) is 17.9 Å². The first-order valence-corrected chi connectivity index (χ1v) is 13.2. The van der Waals surface area contributed by atoms with E-state index < -0.39 is 23.7 Å². The molecule has 0 bridgehead atoms. The van der Waals surface area contributed by atoms with Gasteiger partial charge in [-0.25, -0.2) is 9.97 Å². The van der Waals surface area contributed by atoms with Gasteiger partial charge in [-0.2, -0.15) is 22.0 Å². The number of benzene rings is 1. The van der Waals surface area contributed by atoms with Crippen molar-refractivity contribution >= 4 is 0 Å². The van der Waals surface area contributed by atoms with Gasteiger partial charge in [0, 0.05) is 31.3 Å². The van der Waals surface area contributed by atoms with Crippen molar-refractivity contribution in [1.82, 2.24) is 14.5 Å². The second-order valence-corrected chi connectivity index (χ2v) is 9.50. The molecule has 0 saturated carbocycles. The number of allylic oxidation sites excluding steroid dienone is 6. The van der Waals surface area contributed by atoms with Crippen LogP contribution in [0.25, 0.3) is 11.4 Å². The summed E-state index contributed by atoms with van der Waals surface area (Å²) in [6.45, 7) is 8.07. The molecule has 1 aromatic rings. The van der Waals surface area contributed by atoms with Gasteiger partial charge >= 0.3 is 6.18 Å². The van der Waals surface area contributed by atoms with E-state index in [9.17, 15) is 22.0 Å². The molecule has 0 aliphatic carbocycles. The lowest BCUT2D eigenvalue weighted by Crippen LogP contribution is -2.11. The number of nitrogens with zero attached hydrogens (tertiary/aromatic N) is 3. The van der Waals surface area contributed by atoms with Gasteiger partial charge in [0.2, 0.25) is 0 Å². The third-order valence-corrected chi connectivity index (χ3v) is 6.27. The average molecular weight is 560 g/mol. The van der Waals surface area contributed by atoms with Crippen LogP contribution in [0.15, 0.2) is 84.8 Å². The lowest BCUT2D eigenvalue weighted by molar-refractivity contribution is -0.138. The van der Waals surface area contributed by atoms with E-state index in [1.54, 1.807) is 13.0 Å². The van der Waals surface area contributed by atoms with Crippen molar-refractivity contribution in [2.24, 2.45) is 0 Å². The molecule has 0 aromatic heterocycles. The van der Waals surface area contributed by atoms with E-state index in [1.807, 2.05) is 68.1 Å². The van der Waals surface area contributed by atoms with E-state index in [4.69, 9.17) is 4.74 Å². The van der Waals surface area contributed by atoms with Gasteiger partial charge in [-0.15, -0.1) is 0 Å². The Bertz CT molecular complexity index is 1350. The maximum absolute atomic E-state index is 13.9. The highest BCUT2D eigenvalue weighted by molar-refractivity contribution is 5.55. The molecule has 2 aliphatic rings. The van der Waals surface area contributed by atoms with Gasteiger partial charge in [-0.3, -0.25) is 0 Å². The quantitative estimate of drug-likeness (QED) is 0.0961. The van der Waals surface area contributed by atoms with Crippen molar-refractivity contribution < 1.29 is 26.7 Å². The highest BCUT2D eigenvalue weighted by Gasteiger charge is 2.34. The van der Waals surface area contributed by atoms with Crippen LogP contribution in [0.1, 0.15) is 69.3 Å². The minimum absolute atomic E-state index is 0.0165. The van der Waals surface area contributed by atoms with Gasteiger partial charge in [0.15, 0.2) is 0 Å². The zero-order valence-corrected chi connectivity index (χ0v) is 23.1. The van der Waals surface area contributed by atoms with Gasteiger partial charge in [-0.1, -0.05) is 57.2 Å². The normalized spacial score (nSPS) is 14.3. The number of rotatable bonds is 12. The van der Waals surface area contributed by atoms with E-state index in [0.29, 0.717) is 12.6 Å². The number of pyridine rings is 1. The van der Waals surface area contributed by atoms with Crippen molar-refractivity contribution in [3.05, 3.63) is 102 Å². The van der Waals surface area contributed by atoms with Crippen molar-refractivity contribution in [1.29, 1.82) is 0 Å². The monoisotopic (exact) mass is 559 g/mol. The van der Waals surface area contributed by atoms with Gasteiger partial charge in [-0.05, 0) is 54.7 Å². The number of alkyl halides is 3. The number of hydrogen-bond donors (Lipinski definition) is 0. The van der Waals surface area contributed by atoms with Gasteiger partial charge < -0.3 is 9.30 Å². The topological polar surface area (TPSA) is 39.9 Å². The summed E-state index contributed by atoms with van der Waals surface area (Å²) >= 11 is 0. The fourth-order valence-corrected chi connectivity index (χ4v) is 4.29. The second kappa shape index (κ2) is 14.1. The third kappa shape index (κ3) is 8.63. The van der Waals surface area contributed by atoms with E-state index in [-0.39, 0.29) is 30.3 Å². The van der Waals surface area contributed by atoms with E-state index in [0.717, 1.165) is 35.3 Å². The van der Waals surface area contributed by atoms with Crippen molar-refractivity contribution in [3.8, 4) is 17.1 Å². The van der Waals surface area contributed by atoms with Crippen LogP contribution < -0.4 is 4.74 Å². The average Bonchev–Trinajstić information content (AvgIpc) is 3.33. The minimum Gasteiger partial charge on any atom is -0.493 e. The van der Waals surface area contributed by atoms with Crippen LogP contribution in [-0.4, -0.2) is 21.1 Å². The van der Waals surface area contributed by atoms with E-state index >= 15 is 0 Å². The molecule has 0 amide bonds. The first kappa shape index (κ1) is 30.8.